The zero-order valence-corrected chi connectivity index (χ0v) is 34.1. The maximum atomic E-state index is 14.2. The second-order valence-electron chi connectivity index (χ2n) is 16.4. The summed E-state index contributed by atoms with van der Waals surface area (Å²) >= 11 is 0. The van der Waals surface area contributed by atoms with Gasteiger partial charge in [-0.1, -0.05) is 39.0 Å². The van der Waals surface area contributed by atoms with Crippen LogP contribution in [-0.2, 0) is 68.3 Å². The number of fused-ring (bicyclic) bond motifs is 5. The van der Waals surface area contributed by atoms with E-state index in [1.54, 1.807) is 25.1 Å². The number of nitrogens with zero attached hydrogens (tertiary/aromatic N) is 1. The Bertz CT molecular complexity index is 2020. The molecule has 4 aliphatic rings. The fourth-order valence-electron chi connectivity index (χ4n) is 9.81. The lowest BCUT2D eigenvalue weighted by molar-refractivity contribution is -0.369. The number of hydrogen-bond acceptors (Lipinski definition) is 17. The summed E-state index contributed by atoms with van der Waals surface area (Å²) in [5.74, 6) is -8.52. The van der Waals surface area contributed by atoms with Crippen LogP contribution < -0.4 is 0 Å². The van der Waals surface area contributed by atoms with Gasteiger partial charge in [0.1, 0.15) is 60.4 Å². The number of aromatic nitrogens is 1. The van der Waals surface area contributed by atoms with E-state index in [1.165, 1.54) is 51.2 Å². The molecule has 1 spiro atoms. The van der Waals surface area contributed by atoms with Crippen molar-refractivity contribution >= 4 is 41.8 Å². The maximum absolute atomic E-state index is 14.2. The van der Waals surface area contributed by atoms with Crippen molar-refractivity contribution in [3.05, 3.63) is 65.5 Å². The molecule has 3 fully saturated rings. The third-order valence-electron chi connectivity index (χ3n) is 12.2. The van der Waals surface area contributed by atoms with Crippen LogP contribution in [0.5, 0.6) is 0 Å². The van der Waals surface area contributed by atoms with Gasteiger partial charge in [0, 0.05) is 39.3 Å². The van der Waals surface area contributed by atoms with Crippen molar-refractivity contribution < 1.29 is 76.6 Å². The molecule has 2 aromatic rings. The Labute approximate surface area is 340 Å². The average molecular weight is 824 g/mol. The smallest absolute Gasteiger partial charge is 0.340 e. The topological polar surface area (TPSA) is 226 Å². The quantitative estimate of drug-likeness (QED) is 0.313. The van der Waals surface area contributed by atoms with Gasteiger partial charge in [0.2, 0.25) is 0 Å². The van der Waals surface area contributed by atoms with Crippen LogP contribution in [0.1, 0.15) is 88.2 Å². The summed E-state index contributed by atoms with van der Waals surface area (Å²) in [7, 11) is 0. The number of ether oxygens (including phenoxy) is 8. The first-order valence-electron chi connectivity index (χ1n) is 19.3. The minimum absolute atomic E-state index is 0.00448. The first-order valence-corrected chi connectivity index (χ1v) is 19.3. The van der Waals surface area contributed by atoms with Crippen molar-refractivity contribution in [3.8, 4) is 0 Å². The van der Waals surface area contributed by atoms with Gasteiger partial charge < -0.3 is 43.0 Å². The highest BCUT2D eigenvalue weighted by Crippen LogP contribution is 2.72. The van der Waals surface area contributed by atoms with Crippen LogP contribution in [0.2, 0.25) is 0 Å². The molecule has 1 N–H and O–H groups in total. The molecule has 17 nitrogen and oxygen atoms in total. The summed E-state index contributed by atoms with van der Waals surface area (Å²) in [6, 6.07) is 10.7. The van der Waals surface area contributed by atoms with Crippen molar-refractivity contribution in [1.29, 1.82) is 0 Å². The molecule has 2 aliphatic carbocycles. The van der Waals surface area contributed by atoms with Crippen LogP contribution in [0.15, 0.2) is 48.7 Å². The second-order valence-corrected chi connectivity index (χ2v) is 16.4. The molecule has 1 aromatic carbocycles. The minimum atomic E-state index is -2.38. The van der Waals surface area contributed by atoms with E-state index in [0.717, 1.165) is 27.7 Å². The summed E-state index contributed by atoms with van der Waals surface area (Å²) < 4.78 is 49.9. The molecule has 318 valence electrons. The van der Waals surface area contributed by atoms with E-state index in [-0.39, 0.29) is 24.0 Å². The van der Waals surface area contributed by atoms with Crippen LogP contribution in [0, 0.1) is 22.7 Å². The molecule has 2 aliphatic heterocycles. The van der Waals surface area contributed by atoms with Gasteiger partial charge in [0.15, 0.2) is 6.10 Å². The standard InChI is InChI=1S/C42H49NO16/c1-21-16-17-28-27(15-12-18-43-28)38(51)53-19-40(8)29-31(54-23(3)45)35(56-25(5)47)41(20-52-22(2)44)34(58-37(50)26-13-10-9-11-14-26)30(48)33(57-36(21)49)39(6,7)42(41,59-40)32(29)55-24(4)46/h9-15,18,21,29-35,48H,16-17,19-20H2,1-8H3/t21-,29+,30-,31+,32+,33-,34-,35+,40-,41-,42-/m0/s1. The van der Waals surface area contributed by atoms with Crippen LogP contribution in [0.25, 0.3) is 0 Å². The monoisotopic (exact) mass is 823 g/mol. The number of aryl methyl sites for hydroxylation is 1. The number of benzene rings is 1. The number of hydrogen-bond donors (Lipinski definition) is 1. The first-order chi connectivity index (χ1) is 27.7. The lowest BCUT2D eigenvalue weighted by Crippen LogP contribution is -2.86. The number of pyridine rings is 1. The molecular formula is C42H49NO16. The summed E-state index contributed by atoms with van der Waals surface area (Å²) in [5.41, 5.74) is -7.94. The number of rotatable bonds is 7. The number of cyclic esters (lactones) is 1. The minimum Gasteiger partial charge on any atom is -0.465 e. The zero-order valence-electron chi connectivity index (χ0n) is 34.1. The molecule has 59 heavy (non-hydrogen) atoms. The van der Waals surface area contributed by atoms with E-state index in [0.29, 0.717) is 5.69 Å². The van der Waals surface area contributed by atoms with E-state index < -0.39 is 125 Å². The number of aliphatic hydroxyl groups is 1. The summed E-state index contributed by atoms with van der Waals surface area (Å²) in [5, 5.41) is 12.8. The Balaban J connectivity index is 1.74. The average Bonchev–Trinajstić information content (AvgIpc) is 3.39. The highest BCUT2D eigenvalue weighted by Gasteiger charge is 2.90. The Kier molecular flexibility index (Phi) is 11.7. The van der Waals surface area contributed by atoms with Crippen molar-refractivity contribution in [3.63, 3.8) is 0 Å². The van der Waals surface area contributed by atoms with Gasteiger partial charge in [-0.3, -0.25) is 29.0 Å². The highest BCUT2D eigenvalue weighted by molar-refractivity contribution is 5.91. The van der Waals surface area contributed by atoms with E-state index in [1.807, 2.05) is 0 Å². The molecule has 4 bridgehead atoms. The Morgan fingerprint density at radius 2 is 1.47 bits per heavy atom. The molecule has 0 radical (unpaired) electrons. The van der Waals surface area contributed by atoms with Gasteiger partial charge in [-0.15, -0.1) is 0 Å². The van der Waals surface area contributed by atoms with Crippen molar-refractivity contribution in [2.24, 2.45) is 22.7 Å². The highest BCUT2D eigenvalue weighted by atomic mass is 16.7. The maximum Gasteiger partial charge on any atom is 0.340 e. The van der Waals surface area contributed by atoms with E-state index in [9.17, 15) is 38.7 Å². The van der Waals surface area contributed by atoms with E-state index in [4.69, 9.17) is 37.9 Å². The van der Waals surface area contributed by atoms with Crippen LogP contribution in [-0.4, -0.2) is 113 Å². The summed E-state index contributed by atoms with van der Waals surface area (Å²) in [6.07, 6.45) is -9.12. The molecule has 2 saturated carbocycles. The molecule has 0 unspecified atom stereocenters. The number of esters is 7. The zero-order chi connectivity index (χ0) is 43.2. The number of carbonyl (C=O) groups excluding carboxylic acids is 7. The Morgan fingerprint density at radius 1 is 0.831 bits per heavy atom. The molecule has 6 rings (SSSR count). The molecule has 1 saturated heterocycles. The summed E-state index contributed by atoms with van der Waals surface area (Å²) in [6.45, 7) is 8.97. The number of carbonyl (C=O) groups is 7. The van der Waals surface area contributed by atoms with E-state index >= 15 is 0 Å². The Hall–Kier alpha value is -5.42. The predicted molar refractivity (Wildman–Crippen MR) is 199 cm³/mol. The van der Waals surface area contributed by atoms with Gasteiger partial charge in [0.25, 0.3) is 0 Å². The normalized spacial score (nSPS) is 34.7. The van der Waals surface area contributed by atoms with Gasteiger partial charge in [-0.25, -0.2) is 9.59 Å². The number of aliphatic hydroxyl groups excluding tert-OH is 1. The van der Waals surface area contributed by atoms with Gasteiger partial charge in [0.05, 0.1) is 28.7 Å². The van der Waals surface area contributed by atoms with Crippen molar-refractivity contribution in [2.75, 3.05) is 13.2 Å². The third kappa shape index (κ3) is 7.21. The molecule has 0 amide bonds. The van der Waals surface area contributed by atoms with Crippen molar-refractivity contribution in [1.82, 2.24) is 4.98 Å². The third-order valence-corrected chi connectivity index (χ3v) is 12.2. The fourth-order valence-corrected chi connectivity index (χ4v) is 9.81. The molecule has 3 heterocycles. The lowest BCUT2D eigenvalue weighted by Gasteiger charge is -2.68. The summed E-state index contributed by atoms with van der Waals surface area (Å²) in [4.78, 5) is 99.6. The fraction of sp³-hybridized carbons (Fsp3) is 0.571. The van der Waals surface area contributed by atoms with Crippen LogP contribution >= 0.6 is 0 Å². The van der Waals surface area contributed by atoms with E-state index in [2.05, 4.69) is 4.98 Å². The molecular weight excluding hydrogens is 774 g/mol. The predicted octanol–water partition coefficient (Wildman–Crippen LogP) is 2.86. The van der Waals surface area contributed by atoms with Crippen molar-refractivity contribution in [2.45, 2.75) is 116 Å². The SMILES string of the molecule is CC(=O)OC[C@]12[C@H](OC(C)=O)[C@H](OC(C)=O)[C@@H]3[C@@H](OC(C)=O)[C@@]14O[C@@]3(C)COC(=O)c1cccnc1CC[C@H](C)C(=O)O[C@@H]([C@H](O)[C@@H]2OC(=O)c1ccccc1)C4(C)C. The van der Waals surface area contributed by atoms with Gasteiger partial charge in [-0.05, 0) is 44.0 Å². The van der Waals surface area contributed by atoms with Crippen LogP contribution in [0.3, 0.4) is 0 Å². The molecule has 1 aromatic heterocycles. The second kappa shape index (κ2) is 16.0. The molecule has 11 atom stereocenters. The van der Waals surface area contributed by atoms with Gasteiger partial charge in [-0.2, -0.15) is 0 Å². The largest absolute Gasteiger partial charge is 0.465 e. The molecule has 17 heteroatoms. The Morgan fingerprint density at radius 3 is 2.10 bits per heavy atom. The lowest BCUT2D eigenvalue weighted by atomic mass is 9.42. The first kappa shape index (κ1) is 43.2. The van der Waals surface area contributed by atoms with Crippen LogP contribution in [0.4, 0.5) is 0 Å². The van der Waals surface area contributed by atoms with Gasteiger partial charge >= 0.3 is 41.8 Å².